The van der Waals surface area contributed by atoms with Crippen LogP contribution < -0.4 is 10.1 Å². The quantitative estimate of drug-likeness (QED) is 0.442. The van der Waals surface area contributed by atoms with E-state index in [1.807, 2.05) is 13.0 Å². The molecule has 0 saturated carbocycles. The van der Waals surface area contributed by atoms with E-state index in [0.29, 0.717) is 23.3 Å². The molecule has 1 unspecified atom stereocenters. The van der Waals surface area contributed by atoms with Crippen LogP contribution in [0.5, 0.6) is 5.75 Å². The van der Waals surface area contributed by atoms with E-state index in [-0.39, 0.29) is 12.4 Å². The lowest BCUT2D eigenvalue weighted by Crippen LogP contribution is -2.08. The highest BCUT2D eigenvalue weighted by molar-refractivity contribution is 5.45. The van der Waals surface area contributed by atoms with Crippen molar-refractivity contribution in [1.29, 1.82) is 0 Å². The molecule has 2 aromatic rings. The first-order valence-corrected chi connectivity index (χ1v) is 10.3. The van der Waals surface area contributed by atoms with Crippen LogP contribution in [0, 0.1) is 11.7 Å². The van der Waals surface area contributed by atoms with Crippen LogP contribution in [-0.4, -0.2) is 9.97 Å². The van der Waals surface area contributed by atoms with Gasteiger partial charge in [-0.25, -0.2) is 14.4 Å². The van der Waals surface area contributed by atoms with E-state index < -0.39 is 0 Å². The minimum absolute atomic E-state index is 0.212. The lowest BCUT2D eigenvalue weighted by atomic mass is 9.92. The molecular formula is C24H32FN3O. The van der Waals surface area contributed by atoms with Crippen molar-refractivity contribution in [1.82, 2.24) is 9.97 Å². The third kappa shape index (κ3) is 7.33. The standard InChI is InChI=1S/C24H32FN3O/c1-6-9-19(7-2)17(4)14-18(5)26-23-15-21(8-3)27-24(28-23)16-29-22-12-10-20(25)11-13-22/h10-15,19H,5-9,16H2,1-4H3,(H,26,27,28)/b17-14-. The van der Waals surface area contributed by atoms with Gasteiger partial charge in [-0.05, 0) is 62.4 Å². The highest BCUT2D eigenvalue weighted by atomic mass is 19.1. The van der Waals surface area contributed by atoms with Crippen LogP contribution in [0.1, 0.15) is 58.5 Å². The van der Waals surface area contributed by atoms with Gasteiger partial charge in [0.1, 0.15) is 24.0 Å². The van der Waals surface area contributed by atoms with Crippen LogP contribution in [0.25, 0.3) is 0 Å². The SMILES string of the molecule is C=C(/C=C(/C)C(CC)CCC)Nc1cc(CC)nc(COc2ccc(F)cc2)n1. The Hall–Kier alpha value is -2.69. The van der Waals surface area contributed by atoms with Crippen molar-refractivity contribution in [2.75, 3.05) is 5.32 Å². The number of allylic oxidation sites excluding steroid dienone is 2. The summed E-state index contributed by atoms with van der Waals surface area (Å²) < 4.78 is 18.7. The number of nitrogens with zero attached hydrogens (tertiary/aromatic N) is 2. The minimum Gasteiger partial charge on any atom is -0.486 e. The molecule has 1 aromatic carbocycles. The number of hydrogen-bond donors (Lipinski definition) is 1. The molecule has 156 valence electrons. The van der Waals surface area contributed by atoms with Crippen molar-refractivity contribution in [3.05, 3.63) is 71.6 Å². The molecule has 1 aromatic heterocycles. The maximum Gasteiger partial charge on any atom is 0.168 e. The molecule has 1 N–H and O–H groups in total. The van der Waals surface area contributed by atoms with Gasteiger partial charge in [-0.3, -0.25) is 0 Å². The predicted molar refractivity (Wildman–Crippen MR) is 117 cm³/mol. The molecule has 0 saturated heterocycles. The summed E-state index contributed by atoms with van der Waals surface area (Å²) in [4.78, 5) is 9.07. The number of ether oxygens (including phenoxy) is 1. The van der Waals surface area contributed by atoms with Crippen molar-refractivity contribution in [3.63, 3.8) is 0 Å². The van der Waals surface area contributed by atoms with Gasteiger partial charge in [-0.2, -0.15) is 0 Å². The molecule has 1 atom stereocenters. The number of nitrogens with one attached hydrogen (secondary N) is 1. The first kappa shape index (κ1) is 22.6. The molecule has 0 fully saturated rings. The molecule has 0 bridgehead atoms. The van der Waals surface area contributed by atoms with E-state index >= 15 is 0 Å². The first-order valence-electron chi connectivity index (χ1n) is 10.3. The van der Waals surface area contributed by atoms with Gasteiger partial charge in [-0.1, -0.05) is 39.3 Å². The number of benzene rings is 1. The van der Waals surface area contributed by atoms with Crippen LogP contribution >= 0.6 is 0 Å². The number of anilines is 1. The number of rotatable bonds is 11. The summed E-state index contributed by atoms with van der Waals surface area (Å²) in [5.41, 5.74) is 3.06. The van der Waals surface area contributed by atoms with E-state index in [1.165, 1.54) is 30.5 Å². The second-order valence-electron chi connectivity index (χ2n) is 7.19. The Labute approximate surface area is 173 Å². The van der Waals surface area contributed by atoms with Gasteiger partial charge in [-0.15, -0.1) is 0 Å². The molecule has 0 aliphatic heterocycles. The smallest absolute Gasteiger partial charge is 0.168 e. The highest BCUT2D eigenvalue weighted by Gasteiger charge is 2.09. The third-order valence-corrected chi connectivity index (χ3v) is 4.83. The van der Waals surface area contributed by atoms with Crippen LogP contribution in [0.4, 0.5) is 10.2 Å². The molecule has 0 spiro atoms. The average molecular weight is 398 g/mol. The zero-order chi connectivity index (χ0) is 21.2. The fourth-order valence-electron chi connectivity index (χ4n) is 3.24. The lowest BCUT2D eigenvalue weighted by molar-refractivity contribution is 0.295. The van der Waals surface area contributed by atoms with Crippen LogP contribution in [0.2, 0.25) is 0 Å². The number of aryl methyl sites for hydroxylation is 1. The summed E-state index contributed by atoms with van der Waals surface area (Å²) in [6.45, 7) is 13.0. The summed E-state index contributed by atoms with van der Waals surface area (Å²) in [6, 6.07) is 7.85. The fourth-order valence-corrected chi connectivity index (χ4v) is 3.24. The third-order valence-electron chi connectivity index (χ3n) is 4.83. The normalized spacial score (nSPS) is 12.5. The fraction of sp³-hybridized carbons (Fsp3) is 0.417. The maximum absolute atomic E-state index is 13.0. The van der Waals surface area contributed by atoms with Crippen LogP contribution in [0.15, 0.2) is 54.3 Å². The highest BCUT2D eigenvalue weighted by Crippen LogP contribution is 2.22. The molecule has 4 nitrogen and oxygen atoms in total. The number of halogens is 1. The maximum atomic E-state index is 13.0. The Bertz CT molecular complexity index is 831. The zero-order valence-corrected chi connectivity index (χ0v) is 18.0. The topological polar surface area (TPSA) is 47.0 Å². The number of hydrogen-bond acceptors (Lipinski definition) is 4. The van der Waals surface area contributed by atoms with Crippen molar-refractivity contribution < 1.29 is 9.13 Å². The first-order chi connectivity index (χ1) is 13.9. The van der Waals surface area contributed by atoms with Gasteiger partial charge in [0.15, 0.2) is 5.82 Å². The Balaban J connectivity index is 2.08. The van der Waals surface area contributed by atoms with Crippen molar-refractivity contribution in [2.45, 2.75) is 60.0 Å². The number of aromatic nitrogens is 2. The van der Waals surface area contributed by atoms with E-state index in [0.717, 1.165) is 24.2 Å². The summed E-state index contributed by atoms with van der Waals surface area (Å²) in [7, 11) is 0. The molecule has 0 aliphatic carbocycles. The Morgan fingerprint density at radius 3 is 2.55 bits per heavy atom. The molecule has 2 rings (SSSR count). The molecule has 0 aliphatic rings. The summed E-state index contributed by atoms with van der Waals surface area (Å²) in [5.74, 6) is 2.14. The van der Waals surface area contributed by atoms with Gasteiger partial charge in [0.2, 0.25) is 0 Å². The molecule has 0 radical (unpaired) electrons. The predicted octanol–water partition coefficient (Wildman–Crippen LogP) is 6.46. The Morgan fingerprint density at radius 2 is 1.93 bits per heavy atom. The van der Waals surface area contributed by atoms with Crippen molar-refractivity contribution in [2.24, 2.45) is 5.92 Å². The van der Waals surface area contributed by atoms with Crippen LogP contribution in [-0.2, 0) is 13.0 Å². The van der Waals surface area contributed by atoms with E-state index in [1.54, 1.807) is 12.1 Å². The second kappa shape index (κ2) is 11.3. The van der Waals surface area contributed by atoms with E-state index in [4.69, 9.17) is 4.74 Å². The minimum atomic E-state index is -0.292. The van der Waals surface area contributed by atoms with Gasteiger partial charge in [0.05, 0.1) is 0 Å². The summed E-state index contributed by atoms with van der Waals surface area (Å²) in [5, 5.41) is 3.29. The summed E-state index contributed by atoms with van der Waals surface area (Å²) in [6.07, 6.45) is 6.38. The molecular weight excluding hydrogens is 365 g/mol. The molecule has 29 heavy (non-hydrogen) atoms. The van der Waals surface area contributed by atoms with Crippen LogP contribution in [0.3, 0.4) is 0 Å². The zero-order valence-electron chi connectivity index (χ0n) is 18.0. The van der Waals surface area contributed by atoms with Gasteiger partial charge in [0, 0.05) is 17.5 Å². The Morgan fingerprint density at radius 1 is 1.21 bits per heavy atom. The van der Waals surface area contributed by atoms with Crippen molar-refractivity contribution in [3.8, 4) is 5.75 Å². The lowest BCUT2D eigenvalue weighted by Gasteiger charge is -2.16. The molecule has 1 heterocycles. The van der Waals surface area contributed by atoms with Gasteiger partial charge >= 0.3 is 0 Å². The summed E-state index contributed by atoms with van der Waals surface area (Å²) >= 11 is 0. The van der Waals surface area contributed by atoms with E-state index in [9.17, 15) is 4.39 Å². The van der Waals surface area contributed by atoms with Gasteiger partial charge < -0.3 is 10.1 Å². The van der Waals surface area contributed by atoms with E-state index in [2.05, 4.69) is 48.7 Å². The van der Waals surface area contributed by atoms with Gasteiger partial charge in [0.25, 0.3) is 0 Å². The monoisotopic (exact) mass is 397 g/mol. The Kier molecular flexibility index (Phi) is 8.84. The average Bonchev–Trinajstić information content (AvgIpc) is 2.71. The molecule has 5 heteroatoms. The molecule has 0 amide bonds. The largest absolute Gasteiger partial charge is 0.486 e. The second-order valence-corrected chi connectivity index (χ2v) is 7.19. The van der Waals surface area contributed by atoms with Crippen molar-refractivity contribution >= 4 is 5.82 Å².